The van der Waals surface area contributed by atoms with Gasteiger partial charge in [-0.05, 0) is 37.3 Å². The van der Waals surface area contributed by atoms with Crippen molar-refractivity contribution in [3.8, 4) is 0 Å². The SMILES string of the molecule is CCC1CCCC(O)(Cc2ccc(Cl)s2)CC1. The number of halogens is 1. The van der Waals surface area contributed by atoms with Crippen molar-refractivity contribution in [1.82, 2.24) is 0 Å². The lowest BCUT2D eigenvalue weighted by Gasteiger charge is -2.26. The van der Waals surface area contributed by atoms with Crippen molar-refractivity contribution >= 4 is 22.9 Å². The first-order valence-corrected chi connectivity index (χ1v) is 7.77. The standard InChI is InChI=1S/C14H21ClOS/c1-2-11-4-3-8-14(16,9-7-11)10-12-5-6-13(15)17-12/h5-6,11,16H,2-4,7-10H2,1H3. The van der Waals surface area contributed by atoms with Crippen molar-refractivity contribution < 1.29 is 5.11 Å². The first-order chi connectivity index (χ1) is 8.11. The van der Waals surface area contributed by atoms with Gasteiger partial charge in [-0.25, -0.2) is 0 Å². The van der Waals surface area contributed by atoms with Gasteiger partial charge in [-0.15, -0.1) is 11.3 Å². The topological polar surface area (TPSA) is 20.2 Å². The molecule has 1 nitrogen and oxygen atoms in total. The van der Waals surface area contributed by atoms with Crippen LogP contribution in [0.3, 0.4) is 0 Å². The summed E-state index contributed by atoms with van der Waals surface area (Å²) in [7, 11) is 0. The summed E-state index contributed by atoms with van der Waals surface area (Å²) in [5.74, 6) is 0.816. The Balaban J connectivity index is 1.98. The van der Waals surface area contributed by atoms with E-state index in [9.17, 15) is 5.11 Å². The van der Waals surface area contributed by atoms with Crippen LogP contribution in [-0.2, 0) is 6.42 Å². The summed E-state index contributed by atoms with van der Waals surface area (Å²) in [5.41, 5.74) is -0.488. The summed E-state index contributed by atoms with van der Waals surface area (Å²) >= 11 is 7.54. The third kappa shape index (κ3) is 3.70. The molecule has 96 valence electrons. The zero-order valence-corrected chi connectivity index (χ0v) is 12.0. The van der Waals surface area contributed by atoms with Crippen LogP contribution in [0.5, 0.6) is 0 Å². The normalized spacial score (nSPS) is 30.2. The molecule has 17 heavy (non-hydrogen) atoms. The molecule has 2 atom stereocenters. The largest absolute Gasteiger partial charge is 0.390 e. The minimum Gasteiger partial charge on any atom is -0.390 e. The molecule has 3 heteroatoms. The highest BCUT2D eigenvalue weighted by atomic mass is 35.5. The lowest BCUT2D eigenvalue weighted by molar-refractivity contribution is 0.0249. The third-order valence-corrected chi connectivity index (χ3v) is 5.21. The summed E-state index contributed by atoms with van der Waals surface area (Å²) in [6.07, 6.45) is 7.53. The highest BCUT2D eigenvalue weighted by Crippen LogP contribution is 2.35. The Morgan fingerprint density at radius 3 is 2.88 bits per heavy atom. The van der Waals surface area contributed by atoms with Crippen molar-refractivity contribution in [2.24, 2.45) is 5.92 Å². The van der Waals surface area contributed by atoms with Gasteiger partial charge in [0.05, 0.1) is 9.94 Å². The maximum Gasteiger partial charge on any atom is 0.0931 e. The molecule has 1 fully saturated rings. The molecule has 0 aromatic carbocycles. The summed E-state index contributed by atoms with van der Waals surface area (Å²) < 4.78 is 0.823. The van der Waals surface area contributed by atoms with Gasteiger partial charge in [0.1, 0.15) is 0 Å². The molecular weight excluding hydrogens is 252 g/mol. The van der Waals surface area contributed by atoms with Gasteiger partial charge in [0.25, 0.3) is 0 Å². The zero-order valence-electron chi connectivity index (χ0n) is 10.4. The van der Waals surface area contributed by atoms with E-state index in [1.165, 1.54) is 24.1 Å². The Morgan fingerprint density at radius 2 is 2.24 bits per heavy atom. The Bertz CT molecular complexity index is 363. The average molecular weight is 273 g/mol. The molecule has 1 aliphatic carbocycles. The van der Waals surface area contributed by atoms with E-state index in [4.69, 9.17) is 11.6 Å². The van der Waals surface area contributed by atoms with Gasteiger partial charge in [-0.1, -0.05) is 37.8 Å². The minimum atomic E-state index is -0.488. The second kappa shape index (κ2) is 5.73. The van der Waals surface area contributed by atoms with Crippen LogP contribution in [0.2, 0.25) is 4.34 Å². The second-order valence-corrected chi connectivity index (χ2v) is 7.11. The third-order valence-electron chi connectivity index (χ3n) is 3.98. The monoisotopic (exact) mass is 272 g/mol. The molecule has 1 saturated carbocycles. The molecule has 1 heterocycles. The number of hydrogen-bond acceptors (Lipinski definition) is 2. The van der Waals surface area contributed by atoms with Crippen molar-refractivity contribution in [1.29, 1.82) is 0 Å². The first kappa shape index (κ1) is 13.4. The number of rotatable bonds is 3. The van der Waals surface area contributed by atoms with Crippen LogP contribution in [-0.4, -0.2) is 10.7 Å². The highest BCUT2D eigenvalue weighted by Gasteiger charge is 2.31. The van der Waals surface area contributed by atoms with Crippen molar-refractivity contribution in [2.45, 2.75) is 57.5 Å². The average Bonchev–Trinajstić information content (AvgIpc) is 2.59. The van der Waals surface area contributed by atoms with Crippen molar-refractivity contribution in [2.75, 3.05) is 0 Å². The molecule has 2 rings (SSSR count). The molecule has 1 N–H and O–H groups in total. The lowest BCUT2D eigenvalue weighted by Crippen LogP contribution is -2.30. The van der Waals surface area contributed by atoms with Crippen LogP contribution in [0.25, 0.3) is 0 Å². The van der Waals surface area contributed by atoms with E-state index < -0.39 is 5.60 Å². The van der Waals surface area contributed by atoms with Crippen molar-refractivity contribution in [3.63, 3.8) is 0 Å². The summed E-state index contributed by atoms with van der Waals surface area (Å²) in [6, 6.07) is 3.98. The van der Waals surface area contributed by atoms with E-state index in [2.05, 4.69) is 6.92 Å². The van der Waals surface area contributed by atoms with Gasteiger partial charge in [-0.2, -0.15) is 0 Å². The lowest BCUT2D eigenvalue weighted by atomic mass is 9.89. The molecule has 0 bridgehead atoms. The van der Waals surface area contributed by atoms with E-state index in [0.717, 1.165) is 35.9 Å². The fourth-order valence-corrected chi connectivity index (χ4v) is 4.04. The molecule has 0 saturated heterocycles. The van der Waals surface area contributed by atoms with Gasteiger partial charge >= 0.3 is 0 Å². The number of thiophene rings is 1. The maximum absolute atomic E-state index is 10.7. The highest BCUT2D eigenvalue weighted by molar-refractivity contribution is 7.16. The molecule has 0 amide bonds. The molecule has 2 unspecified atom stereocenters. The van der Waals surface area contributed by atoms with E-state index >= 15 is 0 Å². The second-order valence-electron chi connectivity index (χ2n) is 5.31. The predicted octanol–water partition coefficient (Wildman–Crippen LogP) is 4.67. The Labute approximate surface area is 113 Å². The van der Waals surface area contributed by atoms with Gasteiger partial charge < -0.3 is 5.11 Å². The molecule has 0 radical (unpaired) electrons. The van der Waals surface area contributed by atoms with Gasteiger partial charge in [-0.3, -0.25) is 0 Å². The predicted molar refractivity (Wildman–Crippen MR) is 74.8 cm³/mol. The Kier molecular flexibility index (Phi) is 4.51. The first-order valence-electron chi connectivity index (χ1n) is 6.58. The summed E-state index contributed by atoms with van der Waals surface area (Å²) in [5, 5.41) is 10.7. The molecule has 0 spiro atoms. The van der Waals surface area contributed by atoms with E-state index in [1.54, 1.807) is 11.3 Å². The Morgan fingerprint density at radius 1 is 1.41 bits per heavy atom. The van der Waals surface area contributed by atoms with Gasteiger partial charge in [0.15, 0.2) is 0 Å². The van der Waals surface area contributed by atoms with Crippen molar-refractivity contribution in [3.05, 3.63) is 21.3 Å². The fourth-order valence-electron chi connectivity index (χ4n) is 2.82. The molecule has 1 aromatic heterocycles. The molecular formula is C14H21ClOS. The minimum absolute atomic E-state index is 0.488. The smallest absolute Gasteiger partial charge is 0.0931 e. The van der Waals surface area contributed by atoms with Crippen LogP contribution in [0.15, 0.2) is 12.1 Å². The van der Waals surface area contributed by atoms with Gasteiger partial charge in [0.2, 0.25) is 0 Å². The molecule has 1 aromatic rings. The van der Waals surface area contributed by atoms with Crippen LogP contribution in [0.1, 0.15) is 50.3 Å². The van der Waals surface area contributed by atoms with E-state index in [0.29, 0.717) is 0 Å². The maximum atomic E-state index is 10.7. The van der Waals surface area contributed by atoms with Crippen LogP contribution < -0.4 is 0 Å². The van der Waals surface area contributed by atoms with E-state index in [1.807, 2.05) is 12.1 Å². The van der Waals surface area contributed by atoms with Crippen LogP contribution >= 0.6 is 22.9 Å². The van der Waals surface area contributed by atoms with Crippen LogP contribution in [0.4, 0.5) is 0 Å². The zero-order chi connectivity index (χ0) is 12.3. The fraction of sp³-hybridized carbons (Fsp3) is 0.714. The number of aliphatic hydroxyl groups is 1. The number of hydrogen-bond donors (Lipinski definition) is 1. The van der Waals surface area contributed by atoms with E-state index in [-0.39, 0.29) is 0 Å². The summed E-state index contributed by atoms with van der Waals surface area (Å²) in [4.78, 5) is 1.22. The molecule has 1 aliphatic rings. The quantitative estimate of drug-likeness (QED) is 0.793. The summed E-state index contributed by atoms with van der Waals surface area (Å²) in [6.45, 7) is 2.26. The van der Waals surface area contributed by atoms with Gasteiger partial charge in [0, 0.05) is 11.3 Å². The Hall–Kier alpha value is -0.0500. The van der Waals surface area contributed by atoms with Crippen LogP contribution in [0, 0.1) is 5.92 Å². The molecule has 0 aliphatic heterocycles.